The highest BCUT2D eigenvalue weighted by Gasteiger charge is 2.25. The summed E-state index contributed by atoms with van der Waals surface area (Å²) in [6.45, 7) is 6.05. The predicted octanol–water partition coefficient (Wildman–Crippen LogP) is 4.99. The number of benzene rings is 2. The van der Waals surface area contributed by atoms with Gasteiger partial charge in [-0.2, -0.15) is 0 Å². The number of hydrogen-bond donors (Lipinski definition) is 1. The van der Waals surface area contributed by atoms with Crippen molar-refractivity contribution >= 4 is 11.7 Å². The van der Waals surface area contributed by atoms with Crippen LogP contribution in [0.2, 0.25) is 0 Å². The second kappa shape index (κ2) is 6.85. The summed E-state index contributed by atoms with van der Waals surface area (Å²) in [4.78, 5) is 12.2. The Bertz CT molecular complexity index is 890. The van der Waals surface area contributed by atoms with Gasteiger partial charge in [-0.05, 0) is 26.3 Å². The molecule has 2 aromatic carbocycles. The molecule has 0 aliphatic heterocycles. The van der Waals surface area contributed by atoms with Gasteiger partial charge >= 0.3 is 5.97 Å². The number of hydrogen-bond acceptors (Lipinski definition) is 4. The fraction of sp³-hybridized carbons (Fsp3) is 0.190. The van der Waals surface area contributed by atoms with Crippen LogP contribution in [0.4, 0.5) is 5.69 Å². The van der Waals surface area contributed by atoms with E-state index in [1.807, 2.05) is 62.4 Å². The highest BCUT2D eigenvalue weighted by Crippen LogP contribution is 2.41. The molecule has 25 heavy (non-hydrogen) atoms. The van der Waals surface area contributed by atoms with Crippen molar-refractivity contribution in [3.8, 4) is 22.5 Å². The number of nitrogen functional groups attached to an aromatic ring is 1. The lowest BCUT2D eigenvalue weighted by molar-refractivity contribution is 0.0493. The number of furan rings is 1. The van der Waals surface area contributed by atoms with Crippen LogP contribution in [0.15, 0.2) is 52.9 Å². The summed E-state index contributed by atoms with van der Waals surface area (Å²) in [6, 6.07) is 15.9. The molecule has 0 aliphatic carbocycles. The van der Waals surface area contributed by atoms with E-state index in [2.05, 4.69) is 0 Å². The number of anilines is 1. The molecule has 0 spiro atoms. The molecule has 0 aliphatic rings. The maximum Gasteiger partial charge on any atom is 0.376 e. The van der Waals surface area contributed by atoms with E-state index < -0.39 is 5.97 Å². The Labute approximate surface area is 147 Å². The molecule has 128 valence electrons. The summed E-state index contributed by atoms with van der Waals surface area (Å²) < 4.78 is 10.9. The van der Waals surface area contributed by atoms with E-state index in [1.165, 1.54) is 0 Å². The third-order valence-corrected chi connectivity index (χ3v) is 4.06. The average Bonchev–Trinajstić information content (AvgIpc) is 2.94. The Hall–Kier alpha value is -3.01. The molecule has 0 unspecified atom stereocenters. The molecule has 0 saturated carbocycles. The number of carbonyl (C=O) groups excluding carboxylic acids is 1. The summed E-state index contributed by atoms with van der Waals surface area (Å²) in [5.74, 6) is 0.0733. The molecule has 3 aromatic rings. The topological polar surface area (TPSA) is 65.5 Å². The number of nitrogens with two attached hydrogens (primary N) is 1. The van der Waals surface area contributed by atoms with Crippen molar-refractivity contribution < 1.29 is 13.9 Å². The normalized spacial score (nSPS) is 10.7. The molecule has 0 fully saturated rings. The first-order valence-electron chi connectivity index (χ1n) is 8.24. The van der Waals surface area contributed by atoms with E-state index in [4.69, 9.17) is 14.9 Å². The van der Waals surface area contributed by atoms with Crippen molar-refractivity contribution in [1.82, 2.24) is 0 Å². The van der Waals surface area contributed by atoms with E-state index in [0.29, 0.717) is 17.0 Å². The molecular weight excluding hydrogens is 314 g/mol. The van der Waals surface area contributed by atoms with Gasteiger partial charge < -0.3 is 14.9 Å². The highest BCUT2D eigenvalue weighted by atomic mass is 16.5. The van der Waals surface area contributed by atoms with Crippen LogP contribution in [-0.4, -0.2) is 12.6 Å². The van der Waals surface area contributed by atoms with Crippen LogP contribution < -0.4 is 5.73 Å². The minimum Gasteiger partial charge on any atom is -0.460 e. The van der Waals surface area contributed by atoms with Crippen molar-refractivity contribution in [3.63, 3.8) is 0 Å². The fourth-order valence-corrected chi connectivity index (χ4v) is 2.71. The van der Waals surface area contributed by atoms with Gasteiger partial charge in [0.2, 0.25) is 5.76 Å². The van der Waals surface area contributed by atoms with Crippen LogP contribution in [-0.2, 0) is 4.74 Å². The van der Waals surface area contributed by atoms with Gasteiger partial charge in [0, 0.05) is 5.56 Å². The Morgan fingerprint density at radius 2 is 1.48 bits per heavy atom. The first-order valence-corrected chi connectivity index (χ1v) is 8.24. The summed E-state index contributed by atoms with van der Waals surface area (Å²) >= 11 is 0. The Balaban J connectivity index is 2.21. The average molecular weight is 335 g/mol. The standard InChI is InChI=1S/C21H21NO3/c1-4-24-21(23)20-18(22)17(15-9-5-13(2)6-10-15)19(25-20)16-11-7-14(3)8-12-16/h5-12H,4,22H2,1-3H3. The maximum absolute atomic E-state index is 12.2. The molecule has 1 heterocycles. The third kappa shape index (κ3) is 3.29. The van der Waals surface area contributed by atoms with Gasteiger partial charge in [-0.3, -0.25) is 0 Å². The summed E-state index contributed by atoms with van der Waals surface area (Å²) in [7, 11) is 0. The Morgan fingerprint density at radius 1 is 0.960 bits per heavy atom. The Morgan fingerprint density at radius 3 is 2.00 bits per heavy atom. The van der Waals surface area contributed by atoms with Gasteiger partial charge in [0.1, 0.15) is 5.76 Å². The van der Waals surface area contributed by atoms with Crippen LogP contribution in [0, 0.1) is 13.8 Å². The van der Waals surface area contributed by atoms with Gasteiger partial charge in [0.15, 0.2) is 0 Å². The minimum absolute atomic E-state index is 0.0491. The summed E-state index contributed by atoms with van der Waals surface area (Å²) in [5, 5.41) is 0. The van der Waals surface area contributed by atoms with Crippen LogP contribution in [0.25, 0.3) is 22.5 Å². The summed E-state index contributed by atoms with van der Waals surface area (Å²) in [6.07, 6.45) is 0. The molecule has 3 rings (SSSR count). The second-order valence-corrected chi connectivity index (χ2v) is 6.00. The number of aryl methyl sites for hydroxylation is 2. The smallest absolute Gasteiger partial charge is 0.376 e. The number of rotatable bonds is 4. The molecule has 0 amide bonds. The van der Waals surface area contributed by atoms with Crippen molar-refractivity contribution in [2.24, 2.45) is 0 Å². The number of ether oxygens (including phenoxy) is 1. The van der Waals surface area contributed by atoms with Crippen molar-refractivity contribution in [1.29, 1.82) is 0 Å². The van der Waals surface area contributed by atoms with Gasteiger partial charge in [0.05, 0.1) is 17.9 Å². The maximum atomic E-state index is 12.2. The largest absolute Gasteiger partial charge is 0.460 e. The zero-order chi connectivity index (χ0) is 18.0. The van der Waals surface area contributed by atoms with E-state index in [9.17, 15) is 4.79 Å². The lowest BCUT2D eigenvalue weighted by atomic mass is 9.99. The SMILES string of the molecule is CCOC(=O)c1oc(-c2ccc(C)cc2)c(-c2ccc(C)cc2)c1N. The van der Waals surface area contributed by atoms with Crippen LogP contribution in [0.5, 0.6) is 0 Å². The summed E-state index contributed by atoms with van der Waals surface area (Å²) in [5.41, 5.74) is 11.4. The Kier molecular flexibility index (Phi) is 4.61. The molecule has 4 nitrogen and oxygen atoms in total. The first-order chi connectivity index (χ1) is 12.0. The molecule has 0 radical (unpaired) electrons. The van der Waals surface area contributed by atoms with Gasteiger partial charge in [-0.1, -0.05) is 59.7 Å². The van der Waals surface area contributed by atoms with Crippen LogP contribution in [0.3, 0.4) is 0 Å². The fourth-order valence-electron chi connectivity index (χ4n) is 2.71. The molecular formula is C21H21NO3. The number of carbonyl (C=O) groups is 1. The second-order valence-electron chi connectivity index (χ2n) is 6.00. The molecule has 0 saturated heterocycles. The van der Waals surface area contributed by atoms with Crippen LogP contribution >= 0.6 is 0 Å². The molecule has 0 bridgehead atoms. The molecule has 0 atom stereocenters. The van der Waals surface area contributed by atoms with E-state index in [0.717, 1.165) is 22.3 Å². The zero-order valence-electron chi connectivity index (χ0n) is 14.6. The van der Waals surface area contributed by atoms with Crippen LogP contribution in [0.1, 0.15) is 28.6 Å². The lowest BCUT2D eigenvalue weighted by Crippen LogP contribution is -2.06. The van der Waals surface area contributed by atoms with Gasteiger partial charge in [-0.25, -0.2) is 4.79 Å². The third-order valence-electron chi connectivity index (χ3n) is 4.06. The minimum atomic E-state index is -0.549. The van der Waals surface area contributed by atoms with Crippen molar-refractivity contribution in [2.75, 3.05) is 12.3 Å². The van der Waals surface area contributed by atoms with E-state index >= 15 is 0 Å². The zero-order valence-corrected chi connectivity index (χ0v) is 14.6. The van der Waals surface area contributed by atoms with Gasteiger partial charge in [-0.15, -0.1) is 0 Å². The monoisotopic (exact) mass is 335 g/mol. The van der Waals surface area contributed by atoms with Crippen molar-refractivity contribution in [2.45, 2.75) is 20.8 Å². The predicted molar refractivity (Wildman–Crippen MR) is 99.4 cm³/mol. The van der Waals surface area contributed by atoms with E-state index in [1.54, 1.807) is 6.92 Å². The molecule has 1 aromatic heterocycles. The molecule has 2 N–H and O–H groups in total. The highest BCUT2D eigenvalue weighted by molar-refractivity contribution is 6.01. The lowest BCUT2D eigenvalue weighted by Gasteiger charge is -2.05. The van der Waals surface area contributed by atoms with Crippen molar-refractivity contribution in [3.05, 3.63) is 65.4 Å². The molecule has 4 heteroatoms. The van der Waals surface area contributed by atoms with Gasteiger partial charge in [0.25, 0.3) is 0 Å². The number of esters is 1. The quantitative estimate of drug-likeness (QED) is 0.682. The van der Waals surface area contributed by atoms with E-state index in [-0.39, 0.29) is 12.4 Å². The first kappa shape index (κ1) is 16.8.